The van der Waals surface area contributed by atoms with E-state index < -0.39 is 21.8 Å². The second kappa shape index (κ2) is 11.8. The highest BCUT2D eigenvalue weighted by molar-refractivity contribution is 7.89. The summed E-state index contributed by atoms with van der Waals surface area (Å²) in [5, 5.41) is 5.41. The molecule has 2 amide bonds. The predicted octanol–water partition coefficient (Wildman–Crippen LogP) is 2.13. The van der Waals surface area contributed by atoms with Crippen LogP contribution in [0.15, 0.2) is 23.1 Å². The molecule has 0 atom stereocenters. The Morgan fingerprint density at radius 1 is 0.893 bits per heavy atom. The number of unbranched alkanes of at least 4 members (excludes halogenated alkanes) is 2. The van der Waals surface area contributed by atoms with Crippen LogP contribution in [0.3, 0.4) is 0 Å². The summed E-state index contributed by atoms with van der Waals surface area (Å²) in [5.74, 6) is -0.829. The minimum absolute atomic E-state index is 0.0818. The minimum atomic E-state index is -3.98. The Morgan fingerprint density at radius 2 is 1.39 bits per heavy atom. The van der Waals surface area contributed by atoms with Gasteiger partial charge in [0.2, 0.25) is 21.8 Å². The van der Waals surface area contributed by atoms with E-state index in [4.69, 9.17) is 0 Å². The van der Waals surface area contributed by atoms with E-state index in [1.54, 1.807) is 12.1 Å². The number of hydrogen-bond donors (Lipinski definition) is 2. The lowest BCUT2D eigenvalue weighted by Crippen LogP contribution is -2.46. The first-order chi connectivity index (χ1) is 13.2. The molecule has 0 saturated heterocycles. The first-order valence-corrected chi connectivity index (χ1v) is 11.3. The van der Waals surface area contributed by atoms with Gasteiger partial charge in [-0.1, -0.05) is 32.8 Å². The monoisotopic (exact) mass is 411 g/mol. The number of amides is 2. The Labute approximate surface area is 168 Å². The zero-order chi connectivity index (χ0) is 21.2. The smallest absolute Gasteiger partial charge is 0.244 e. The molecule has 2 N–H and O–H groups in total. The van der Waals surface area contributed by atoms with E-state index in [-0.39, 0.29) is 18.0 Å². The van der Waals surface area contributed by atoms with E-state index >= 15 is 0 Å². The van der Waals surface area contributed by atoms with Crippen LogP contribution in [0.2, 0.25) is 0 Å². The molecule has 0 saturated carbocycles. The van der Waals surface area contributed by atoms with Gasteiger partial charge in [0.1, 0.15) is 0 Å². The summed E-state index contributed by atoms with van der Waals surface area (Å²) < 4.78 is 27.1. The van der Waals surface area contributed by atoms with Crippen molar-refractivity contribution in [3.63, 3.8) is 0 Å². The standard InChI is InChI=1S/C20H33N3O4S/c1-5-7-11-21-19(24)14-23(15-20(25)22-12-8-6-2)28(26,27)18-10-9-16(3)17(4)13-18/h9-10,13H,5-8,11-12,14-15H2,1-4H3,(H,21,24)(H,22,25). The van der Waals surface area contributed by atoms with Crippen LogP contribution < -0.4 is 10.6 Å². The number of aryl methyl sites for hydroxylation is 2. The Balaban J connectivity index is 3.01. The van der Waals surface area contributed by atoms with Crippen molar-refractivity contribution >= 4 is 21.8 Å². The summed E-state index contributed by atoms with van der Waals surface area (Å²) in [6, 6.07) is 4.80. The third-order valence-electron chi connectivity index (χ3n) is 4.46. The Hall–Kier alpha value is -1.93. The maximum absolute atomic E-state index is 13.1. The second-order valence-corrected chi connectivity index (χ2v) is 8.86. The van der Waals surface area contributed by atoms with Crippen molar-refractivity contribution in [1.29, 1.82) is 0 Å². The van der Waals surface area contributed by atoms with Crippen LogP contribution >= 0.6 is 0 Å². The van der Waals surface area contributed by atoms with Crippen molar-refractivity contribution in [3.8, 4) is 0 Å². The minimum Gasteiger partial charge on any atom is -0.355 e. The van der Waals surface area contributed by atoms with Gasteiger partial charge in [0.05, 0.1) is 18.0 Å². The van der Waals surface area contributed by atoms with Crippen LogP contribution in [0, 0.1) is 13.8 Å². The number of rotatable bonds is 12. The summed E-state index contributed by atoms with van der Waals surface area (Å²) in [7, 11) is -3.98. The molecular weight excluding hydrogens is 378 g/mol. The van der Waals surface area contributed by atoms with Gasteiger partial charge >= 0.3 is 0 Å². The highest BCUT2D eigenvalue weighted by Gasteiger charge is 2.28. The van der Waals surface area contributed by atoms with Crippen LogP contribution in [-0.4, -0.2) is 50.7 Å². The number of nitrogens with one attached hydrogen (secondary N) is 2. The van der Waals surface area contributed by atoms with Gasteiger partial charge in [0, 0.05) is 13.1 Å². The first kappa shape index (κ1) is 24.1. The highest BCUT2D eigenvalue weighted by atomic mass is 32.2. The summed E-state index contributed by atoms with van der Waals surface area (Å²) >= 11 is 0. The first-order valence-electron chi connectivity index (χ1n) is 9.83. The van der Waals surface area contributed by atoms with Gasteiger partial charge in [0.25, 0.3) is 0 Å². The fourth-order valence-corrected chi connectivity index (χ4v) is 3.93. The summed E-state index contributed by atoms with van der Waals surface area (Å²) in [6.45, 7) is 7.91. The van der Waals surface area contributed by atoms with Gasteiger partial charge < -0.3 is 10.6 Å². The van der Waals surface area contributed by atoms with Gasteiger partial charge in [-0.05, 0) is 49.9 Å². The van der Waals surface area contributed by atoms with E-state index in [1.165, 1.54) is 6.07 Å². The lowest BCUT2D eigenvalue weighted by Gasteiger charge is -2.22. The molecule has 0 aliphatic carbocycles. The number of carbonyl (C=O) groups excluding carboxylic acids is 2. The Kier molecular flexibility index (Phi) is 10.2. The highest BCUT2D eigenvalue weighted by Crippen LogP contribution is 2.19. The fourth-order valence-electron chi connectivity index (χ4n) is 2.49. The average molecular weight is 412 g/mol. The fraction of sp³-hybridized carbons (Fsp3) is 0.600. The molecule has 158 valence electrons. The third kappa shape index (κ3) is 7.59. The number of carbonyl (C=O) groups is 2. The molecule has 28 heavy (non-hydrogen) atoms. The molecule has 0 fully saturated rings. The maximum Gasteiger partial charge on any atom is 0.244 e. The second-order valence-electron chi connectivity index (χ2n) is 6.93. The van der Waals surface area contributed by atoms with Crippen molar-refractivity contribution in [3.05, 3.63) is 29.3 Å². The van der Waals surface area contributed by atoms with E-state index in [2.05, 4.69) is 10.6 Å². The lowest BCUT2D eigenvalue weighted by molar-refractivity contribution is -0.123. The van der Waals surface area contributed by atoms with Crippen molar-refractivity contribution in [2.75, 3.05) is 26.2 Å². The van der Waals surface area contributed by atoms with E-state index in [0.717, 1.165) is 41.1 Å². The maximum atomic E-state index is 13.1. The molecule has 0 aliphatic heterocycles. The summed E-state index contributed by atoms with van der Waals surface area (Å²) in [6.07, 6.45) is 3.47. The van der Waals surface area contributed by atoms with Crippen molar-refractivity contribution in [2.24, 2.45) is 0 Å². The Morgan fingerprint density at radius 3 is 1.82 bits per heavy atom. The molecule has 0 radical (unpaired) electrons. The Bertz CT molecular complexity index is 739. The van der Waals surface area contributed by atoms with Gasteiger partial charge in [0.15, 0.2) is 0 Å². The summed E-state index contributed by atoms with van der Waals surface area (Å²) in [4.78, 5) is 24.5. The molecule has 0 aromatic heterocycles. The third-order valence-corrected chi connectivity index (χ3v) is 6.25. The van der Waals surface area contributed by atoms with E-state index in [0.29, 0.717) is 13.1 Å². The molecule has 0 spiro atoms. The molecule has 7 nitrogen and oxygen atoms in total. The molecule has 1 aromatic carbocycles. The zero-order valence-electron chi connectivity index (χ0n) is 17.4. The number of sulfonamides is 1. The summed E-state index contributed by atoms with van der Waals surface area (Å²) in [5.41, 5.74) is 1.81. The van der Waals surface area contributed by atoms with Crippen LogP contribution in [0.25, 0.3) is 0 Å². The molecule has 0 bridgehead atoms. The lowest BCUT2D eigenvalue weighted by atomic mass is 10.1. The topological polar surface area (TPSA) is 95.6 Å². The van der Waals surface area contributed by atoms with Gasteiger partial charge in [-0.15, -0.1) is 0 Å². The normalized spacial score (nSPS) is 11.5. The molecular formula is C20H33N3O4S. The average Bonchev–Trinajstić information content (AvgIpc) is 2.63. The molecule has 1 aromatic rings. The van der Waals surface area contributed by atoms with Gasteiger partial charge in [-0.25, -0.2) is 8.42 Å². The number of benzene rings is 1. The van der Waals surface area contributed by atoms with Crippen molar-refractivity contribution < 1.29 is 18.0 Å². The predicted molar refractivity (Wildman–Crippen MR) is 111 cm³/mol. The van der Waals surface area contributed by atoms with E-state index in [1.807, 2.05) is 27.7 Å². The SMILES string of the molecule is CCCCNC(=O)CN(CC(=O)NCCCC)S(=O)(=O)c1ccc(C)c(C)c1. The van der Waals surface area contributed by atoms with Gasteiger partial charge in [-0.2, -0.15) is 4.31 Å². The van der Waals surface area contributed by atoms with Crippen LogP contribution in [0.4, 0.5) is 0 Å². The molecule has 1 rings (SSSR count). The van der Waals surface area contributed by atoms with Crippen molar-refractivity contribution in [1.82, 2.24) is 14.9 Å². The van der Waals surface area contributed by atoms with Crippen LogP contribution in [-0.2, 0) is 19.6 Å². The van der Waals surface area contributed by atoms with Crippen LogP contribution in [0.5, 0.6) is 0 Å². The molecule has 8 heteroatoms. The molecule has 0 heterocycles. The molecule has 0 aliphatic rings. The largest absolute Gasteiger partial charge is 0.355 e. The van der Waals surface area contributed by atoms with Crippen molar-refractivity contribution in [2.45, 2.75) is 58.3 Å². The number of hydrogen-bond acceptors (Lipinski definition) is 4. The number of nitrogens with zero attached hydrogens (tertiary/aromatic N) is 1. The zero-order valence-corrected chi connectivity index (χ0v) is 18.2. The molecule has 0 unspecified atom stereocenters. The van der Waals surface area contributed by atoms with Crippen LogP contribution in [0.1, 0.15) is 50.7 Å². The van der Waals surface area contributed by atoms with Gasteiger partial charge in [-0.3, -0.25) is 9.59 Å². The quantitative estimate of drug-likeness (QED) is 0.515. The van der Waals surface area contributed by atoms with E-state index in [9.17, 15) is 18.0 Å².